The minimum Gasteiger partial charge on any atom is -0.351 e. The van der Waals surface area contributed by atoms with Crippen molar-refractivity contribution in [3.63, 3.8) is 0 Å². The molecule has 0 bridgehead atoms. The van der Waals surface area contributed by atoms with E-state index >= 15 is 0 Å². The van der Waals surface area contributed by atoms with Crippen molar-refractivity contribution in [3.05, 3.63) is 28.7 Å². The number of carbonyl (C=O) groups excluding carboxylic acids is 1. The largest absolute Gasteiger partial charge is 0.351 e. The molecule has 2 heterocycles. The zero-order valence-corrected chi connectivity index (χ0v) is 9.33. The Labute approximate surface area is 96.1 Å². The molecule has 2 N–H and O–H groups in total. The van der Waals surface area contributed by atoms with Gasteiger partial charge in [0.1, 0.15) is 17.0 Å². The maximum absolute atomic E-state index is 11.5. The fourth-order valence-electron chi connectivity index (χ4n) is 1.22. The van der Waals surface area contributed by atoms with E-state index in [0.717, 1.165) is 18.7 Å². The van der Waals surface area contributed by atoms with Crippen LogP contribution in [0.15, 0.2) is 18.0 Å². The van der Waals surface area contributed by atoms with Gasteiger partial charge in [0.15, 0.2) is 0 Å². The molecule has 0 aliphatic rings. The number of aromatic amines is 1. The number of nitrogens with zero attached hydrogens (tertiary/aromatic N) is 3. The van der Waals surface area contributed by atoms with Crippen LogP contribution in [0.3, 0.4) is 0 Å². The van der Waals surface area contributed by atoms with Gasteiger partial charge in [-0.25, -0.2) is 4.98 Å². The fourth-order valence-corrected chi connectivity index (χ4v) is 1.76. The first-order chi connectivity index (χ1) is 7.86. The lowest BCUT2D eigenvalue weighted by molar-refractivity contribution is 0.0957. The summed E-state index contributed by atoms with van der Waals surface area (Å²) in [5.41, 5.74) is 1.64. The second-order valence-corrected chi connectivity index (χ2v) is 4.04. The number of hydrogen-bond acceptors (Lipinski definition) is 5. The van der Waals surface area contributed by atoms with Gasteiger partial charge in [0.2, 0.25) is 0 Å². The quantitative estimate of drug-likeness (QED) is 0.747. The minimum absolute atomic E-state index is 0.0694. The number of nitrogens with one attached hydrogen (secondary N) is 2. The zero-order valence-electron chi connectivity index (χ0n) is 8.51. The van der Waals surface area contributed by atoms with Gasteiger partial charge < -0.3 is 5.32 Å². The van der Waals surface area contributed by atoms with Crippen molar-refractivity contribution in [3.8, 4) is 0 Å². The van der Waals surface area contributed by atoms with Gasteiger partial charge in [0, 0.05) is 13.0 Å². The highest BCUT2D eigenvalue weighted by Crippen LogP contribution is 2.04. The summed E-state index contributed by atoms with van der Waals surface area (Å²) in [5, 5.41) is 9.33. The number of hydrogen-bond donors (Lipinski definition) is 2. The average molecular weight is 237 g/mol. The highest BCUT2D eigenvalue weighted by atomic mass is 32.1. The van der Waals surface area contributed by atoms with E-state index in [9.17, 15) is 4.79 Å². The maximum atomic E-state index is 11.5. The number of thiazole rings is 1. The first kappa shape index (κ1) is 10.7. The van der Waals surface area contributed by atoms with E-state index in [-0.39, 0.29) is 5.91 Å². The summed E-state index contributed by atoms with van der Waals surface area (Å²) >= 11 is 1.34. The van der Waals surface area contributed by atoms with Crippen LogP contribution in [0.4, 0.5) is 0 Å². The van der Waals surface area contributed by atoms with Gasteiger partial charge in [-0.2, -0.15) is 5.10 Å². The Balaban J connectivity index is 1.67. The van der Waals surface area contributed by atoms with Gasteiger partial charge in [-0.05, 0) is 6.42 Å². The number of H-pyrrole nitrogens is 1. The molecule has 0 aromatic carbocycles. The van der Waals surface area contributed by atoms with E-state index < -0.39 is 0 Å². The molecular formula is C9H11N5OS. The van der Waals surface area contributed by atoms with Crippen LogP contribution in [0.25, 0.3) is 0 Å². The summed E-state index contributed by atoms with van der Waals surface area (Å²) < 4.78 is 0. The van der Waals surface area contributed by atoms with Crippen molar-refractivity contribution in [2.24, 2.45) is 0 Å². The Morgan fingerprint density at radius 2 is 2.50 bits per heavy atom. The van der Waals surface area contributed by atoms with Crippen LogP contribution in [0.1, 0.15) is 21.9 Å². The van der Waals surface area contributed by atoms with Gasteiger partial charge in [0.05, 0.1) is 11.7 Å². The zero-order chi connectivity index (χ0) is 11.2. The molecule has 0 atom stereocenters. The Bertz CT molecular complexity index is 425. The van der Waals surface area contributed by atoms with Crippen LogP contribution in [-0.4, -0.2) is 32.6 Å². The smallest absolute Gasteiger partial charge is 0.262 e. The summed E-state index contributed by atoms with van der Waals surface area (Å²) in [6, 6.07) is 0. The van der Waals surface area contributed by atoms with Crippen molar-refractivity contribution >= 4 is 17.2 Å². The molecule has 0 aliphatic carbocycles. The van der Waals surface area contributed by atoms with Gasteiger partial charge in [-0.3, -0.25) is 14.9 Å². The van der Waals surface area contributed by atoms with Crippen LogP contribution in [0.2, 0.25) is 0 Å². The normalized spacial score (nSPS) is 10.2. The van der Waals surface area contributed by atoms with Crippen LogP contribution in [0.5, 0.6) is 0 Å². The third-order valence-electron chi connectivity index (χ3n) is 2.00. The number of rotatable bonds is 5. The maximum Gasteiger partial charge on any atom is 0.262 e. The van der Waals surface area contributed by atoms with Crippen molar-refractivity contribution in [1.82, 2.24) is 25.5 Å². The molecule has 84 valence electrons. The van der Waals surface area contributed by atoms with Crippen LogP contribution in [-0.2, 0) is 6.42 Å². The molecule has 1 amide bonds. The number of aromatic nitrogens is 4. The third kappa shape index (κ3) is 2.86. The Kier molecular flexibility index (Phi) is 3.60. The molecule has 0 unspecified atom stereocenters. The second kappa shape index (κ2) is 5.36. The monoisotopic (exact) mass is 237 g/mol. The van der Waals surface area contributed by atoms with Crippen molar-refractivity contribution in [2.75, 3.05) is 6.54 Å². The van der Waals surface area contributed by atoms with E-state index in [4.69, 9.17) is 0 Å². The minimum atomic E-state index is -0.0694. The van der Waals surface area contributed by atoms with E-state index in [0.29, 0.717) is 11.4 Å². The Morgan fingerprint density at radius 1 is 1.56 bits per heavy atom. The molecule has 0 saturated carbocycles. The Morgan fingerprint density at radius 3 is 3.19 bits per heavy atom. The second-order valence-electron chi connectivity index (χ2n) is 3.16. The molecular weight excluding hydrogens is 226 g/mol. The molecule has 0 radical (unpaired) electrons. The van der Waals surface area contributed by atoms with Crippen molar-refractivity contribution in [1.29, 1.82) is 0 Å². The topological polar surface area (TPSA) is 83.6 Å². The predicted molar refractivity (Wildman–Crippen MR) is 59.2 cm³/mol. The first-order valence-electron chi connectivity index (χ1n) is 4.87. The lowest BCUT2D eigenvalue weighted by atomic mass is 10.3. The standard InChI is InChI=1S/C9H11N5OS/c15-9(7-4-10-6-16-7)11-3-1-2-8-12-5-13-14-8/h4-6H,1-3H2,(H,11,15)(H,12,13,14). The molecule has 0 spiro atoms. The van der Waals surface area contributed by atoms with Crippen molar-refractivity contribution < 1.29 is 4.79 Å². The molecule has 2 rings (SSSR count). The summed E-state index contributed by atoms with van der Waals surface area (Å²) in [6.07, 6.45) is 4.66. The summed E-state index contributed by atoms with van der Waals surface area (Å²) in [5.74, 6) is 0.770. The number of aryl methyl sites for hydroxylation is 1. The third-order valence-corrected chi connectivity index (χ3v) is 2.77. The lowest BCUT2D eigenvalue weighted by Crippen LogP contribution is -2.23. The number of carbonyl (C=O) groups is 1. The number of amides is 1. The Hall–Kier alpha value is -1.76. The molecule has 0 saturated heterocycles. The van der Waals surface area contributed by atoms with Gasteiger partial charge in [-0.15, -0.1) is 11.3 Å². The van der Waals surface area contributed by atoms with Gasteiger partial charge in [-0.1, -0.05) is 0 Å². The highest BCUT2D eigenvalue weighted by Gasteiger charge is 2.05. The molecule has 0 fully saturated rings. The summed E-state index contributed by atoms with van der Waals surface area (Å²) in [6.45, 7) is 0.622. The summed E-state index contributed by atoms with van der Waals surface area (Å²) in [4.78, 5) is 20.0. The van der Waals surface area contributed by atoms with Crippen LogP contribution >= 0.6 is 11.3 Å². The van der Waals surface area contributed by atoms with Gasteiger partial charge in [0.25, 0.3) is 5.91 Å². The van der Waals surface area contributed by atoms with E-state index in [2.05, 4.69) is 25.5 Å². The molecule has 0 aliphatic heterocycles. The first-order valence-corrected chi connectivity index (χ1v) is 5.75. The average Bonchev–Trinajstić information content (AvgIpc) is 2.96. The highest BCUT2D eigenvalue weighted by molar-refractivity contribution is 7.11. The molecule has 2 aromatic heterocycles. The molecule has 7 heteroatoms. The van der Waals surface area contributed by atoms with E-state index in [1.165, 1.54) is 17.7 Å². The summed E-state index contributed by atoms with van der Waals surface area (Å²) in [7, 11) is 0. The predicted octanol–water partition coefficient (Wildman–Crippen LogP) is 0.624. The van der Waals surface area contributed by atoms with E-state index in [1.807, 2.05) is 0 Å². The molecule has 2 aromatic rings. The van der Waals surface area contributed by atoms with Gasteiger partial charge >= 0.3 is 0 Å². The fraction of sp³-hybridized carbons (Fsp3) is 0.333. The molecule has 6 nitrogen and oxygen atoms in total. The van der Waals surface area contributed by atoms with E-state index in [1.54, 1.807) is 11.7 Å². The lowest BCUT2D eigenvalue weighted by Gasteiger charge is -2.01. The van der Waals surface area contributed by atoms with Crippen LogP contribution in [0, 0.1) is 0 Å². The molecule has 16 heavy (non-hydrogen) atoms. The van der Waals surface area contributed by atoms with Crippen LogP contribution < -0.4 is 5.32 Å². The SMILES string of the molecule is O=C(NCCCc1ncn[nH]1)c1cncs1. The van der Waals surface area contributed by atoms with Crippen molar-refractivity contribution in [2.45, 2.75) is 12.8 Å².